The minimum atomic E-state index is 0.439. The summed E-state index contributed by atoms with van der Waals surface area (Å²) in [6, 6.07) is 13.1. The van der Waals surface area contributed by atoms with Crippen molar-refractivity contribution in [2.24, 2.45) is 0 Å². The van der Waals surface area contributed by atoms with E-state index in [1.807, 2.05) is 26.0 Å². The quantitative estimate of drug-likeness (QED) is 0.814. The number of hydrogen-bond donors (Lipinski definition) is 1. The van der Waals surface area contributed by atoms with E-state index in [2.05, 4.69) is 12.1 Å². The molecule has 90 valence electrons. The molecule has 0 aliphatic heterocycles. The number of hydrogen-bond acceptors (Lipinski definition) is 3. The molecule has 0 aliphatic carbocycles. The van der Waals surface area contributed by atoms with E-state index in [1.54, 1.807) is 18.2 Å². The lowest BCUT2D eigenvalue weighted by Crippen LogP contribution is -1.92. The van der Waals surface area contributed by atoms with E-state index in [0.717, 1.165) is 16.9 Å². The summed E-state index contributed by atoms with van der Waals surface area (Å²) < 4.78 is 5.74. The Kier molecular flexibility index (Phi) is 3.20. The van der Waals surface area contributed by atoms with Gasteiger partial charge in [0, 0.05) is 5.69 Å². The average Bonchev–Trinajstić information content (AvgIpc) is 2.30. The molecule has 2 aromatic rings. The molecule has 0 fully saturated rings. The first kappa shape index (κ1) is 12.0. The van der Waals surface area contributed by atoms with E-state index in [-0.39, 0.29) is 0 Å². The third-order valence-corrected chi connectivity index (χ3v) is 2.55. The Hall–Kier alpha value is -2.47. The van der Waals surface area contributed by atoms with Gasteiger partial charge in [0.05, 0.1) is 5.56 Å². The first-order valence-electron chi connectivity index (χ1n) is 5.64. The molecule has 2 rings (SSSR count). The molecule has 0 unspecified atom stereocenters. The smallest absolute Gasteiger partial charge is 0.145 e. The minimum absolute atomic E-state index is 0.439. The van der Waals surface area contributed by atoms with E-state index in [0.29, 0.717) is 17.0 Å². The van der Waals surface area contributed by atoms with Crippen molar-refractivity contribution in [2.75, 3.05) is 5.73 Å². The third kappa shape index (κ3) is 2.61. The molecule has 0 spiro atoms. The maximum Gasteiger partial charge on any atom is 0.145 e. The highest BCUT2D eigenvalue weighted by Crippen LogP contribution is 2.27. The normalized spacial score (nSPS) is 9.83. The molecule has 0 atom stereocenters. The number of aryl methyl sites for hydroxylation is 2. The van der Waals surface area contributed by atoms with Gasteiger partial charge in [-0.2, -0.15) is 5.26 Å². The van der Waals surface area contributed by atoms with Gasteiger partial charge in [-0.1, -0.05) is 6.07 Å². The summed E-state index contributed by atoms with van der Waals surface area (Å²) in [6.45, 7) is 4.02. The Morgan fingerprint density at radius 3 is 2.33 bits per heavy atom. The van der Waals surface area contributed by atoms with E-state index >= 15 is 0 Å². The largest absolute Gasteiger partial charge is 0.456 e. The van der Waals surface area contributed by atoms with Crippen LogP contribution in [0.4, 0.5) is 5.69 Å². The summed E-state index contributed by atoms with van der Waals surface area (Å²) in [4.78, 5) is 0. The van der Waals surface area contributed by atoms with Crippen LogP contribution in [0.3, 0.4) is 0 Å². The van der Waals surface area contributed by atoms with Gasteiger partial charge in [0.1, 0.15) is 17.6 Å². The fraction of sp³-hybridized carbons (Fsp3) is 0.133. The maximum absolute atomic E-state index is 9.04. The number of anilines is 1. The molecule has 3 nitrogen and oxygen atoms in total. The zero-order valence-corrected chi connectivity index (χ0v) is 10.4. The van der Waals surface area contributed by atoms with Crippen molar-refractivity contribution < 1.29 is 4.74 Å². The van der Waals surface area contributed by atoms with Crippen LogP contribution in [0.2, 0.25) is 0 Å². The van der Waals surface area contributed by atoms with Crippen LogP contribution in [-0.4, -0.2) is 0 Å². The number of nitrogens with zero attached hydrogens (tertiary/aromatic N) is 1. The number of nitrogen functional groups attached to an aromatic ring is 1. The predicted octanol–water partition coefficient (Wildman–Crippen LogP) is 3.55. The van der Waals surface area contributed by atoms with Gasteiger partial charge in [-0.3, -0.25) is 0 Å². The maximum atomic E-state index is 9.04. The van der Waals surface area contributed by atoms with Crippen LogP contribution in [-0.2, 0) is 0 Å². The molecule has 18 heavy (non-hydrogen) atoms. The van der Waals surface area contributed by atoms with Crippen LogP contribution in [0.15, 0.2) is 36.4 Å². The summed E-state index contributed by atoms with van der Waals surface area (Å²) in [7, 11) is 0. The van der Waals surface area contributed by atoms with Crippen molar-refractivity contribution in [3.8, 4) is 17.6 Å². The van der Waals surface area contributed by atoms with Crippen molar-refractivity contribution in [1.29, 1.82) is 5.26 Å². The van der Waals surface area contributed by atoms with Crippen LogP contribution in [0.1, 0.15) is 16.7 Å². The fourth-order valence-corrected chi connectivity index (χ4v) is 1.84. The summed E-state index contributed by atoms with van der Waals surface area (Å²) in [5.74, 6) is 1.26. The van der Waals surface area contributed by atoms with Crippen molar-refractivity contribution in [1.82, 2.24) is 0 Å². The average molecular weight is 238 g/mol. The van der Waals surface area contributed by atoms with Crippen LogP contribution in [0.5, 0.6) is 11.5 Å². The standard InChI is InChI=1S/C15H14N2O/c1-10-5-11(2)7-14(6-10)18-15-4-3-13(17)8-12(15)9-16/h3-8H,17H2,1-2H3. The number of nitrogens with two attached hydrogens (primary N) is 1. The molecule has 0 heterocycles. The Labute approximate surface area is 106 Å². The van der Waals surface area contributed by atoms with Gasteiger partial charge in [0.2, 0.25) is 0 Å². The summed E-state index contributed by atoms with van der Waals surface area (Å²) in [5.41, 5.74) is 8.88. The Morgan fingerprint density at radius 1 is 1.06 bits per heavy atom. The van der Waals surface area contributed by atoms with Gasteiger partial charge >= 0.3 is 0 Å². The van der Waals surface area contributed by atoms with Crippen LogP contribution < -0.4 is 10.5 Å². The zero-order chi connectivity index (χ0) is 13.1. The second-order valence-corrected chi connectivity index (χ2v) is 4.29. The van der Waals surface area contributed by atoms with E-state index in [4.69, 9.17) is 15.7 Å². The number of nitriles is 1. The second-order valence-electron chi connectivity index (χ2n) is 4.29. The number of rotatable bonds is 2. The highest BCUT2D eigenvalue weighted by Gasteiger charge is 2.05. The fourth-order valence-electron chi connectivity index (χ4n) is 1.84. The minimum Gasteiger partial charge on any atom is -0.456 e. The lowest BCUT2D eigenvalue weighted by atomic mass is 10.1. The van der Waals surface area contributed by atoms with Crippen molar-refractivity contribution in [2.45, 2.75) is 13.8 Å². The molecule has 2 N–H and O–H groups in total. The SMILES string of the molecule is Cc1cc(C)cc(Oc2ccc(N)cc2C#N)c1. The van der Waals surface area contributed by atoms with Crippen molar-refractivity contribution in [3.05, 3.63) is 53.1 Å². The third-order valence-electron chi connectivity index (χ3n) is 2.55. The van der Waals surface area contributed by atoms with Crippen LogP contribution in [0, 0.1) is 25.2 Å². The molecule has 0 bridgehead atoms. The van der Waals surface area contributed by atoms with E-state index in [1.165, 1.54) is 0 Å². The first-order valence-corrected chi connectivity index (χ1v) is 5.64. The second kappa shape index (κ2) is 4.80. The van der Waals surface area contributed by atoms with Gasteiger partial charge in [-0.05, 0) is 55.3 Å². The molecule has 0 amide bonds. The lowest BCUT2D eigenvalue weighted by molar-refractivity contribution is 0.480. The molecular weight excluding hydrogens is 224 g/mol. The Morgan fingerprint density at radius 2 is 1.72 bits per heavy atom. The van der Waals surface area contributed by atoms with E-state index in [9.17, 15) is 0 Å². The van der Waals surface area contributed by atoms with Gasteiger partial charge in [-0.25, -0.2) is 0 Å². The number of ether oxygens (including phenoxy) is 1. The van der Waals surface area contributed by atoms with E-state index < -0.39 is 0 Å². The molecule has 2 aromatic carbocycles. The molecule has 0 aromatic heterocycles. The lowest BCUT2D eigenvalue weighted by Gasteiger charge is -2.09. The topological polar surface area (TPSA) is 59.0 Å². The molecule has 3 heteroatoms. The van der Waals surface area contributed by atoms with Crippen molar-refractivity contribution in [3.63, 3.8) is 0 Å². The number of benzene rings is 2. The van der Waals surface area contributed by atoms with Gasteiger partial charge in [-0.15, -0.1) is 0 Å². The predicted molar refractivity (Wildman–Crippen MR) is 71.6 cm³/mol. The Balaban J connectivity index is 2.37. The summed E-state index contributed by atoms with van der Waals surface area (Å²) in [5, 5.41) is 9.04. The van der Waals surface area contributed by atoms with Gasteiger partial charge in [0.25, 0.3) is 0 Å². The molecule has 0 aliphatic rings. The Bertz CT molecular complexity index is 607. The molecule has 0 saturated heterocycles. The van der Waals surface area contributed by atoms with Gasteiger partial charge in [0.15, 0.2) is 0 Å². The van der Waals surface area contributed by atoms with Gasteiger partial charge < -0.3 is 10.5 Å². The highest BCUT2D eigenvalue weighted by atomic mass is 16.5. The molecule has 0 saturated carbocycles. The monoisotopic (exact) mass is 238 g/mol. The van der Waals surface area contributed by atoms with Crippen molar-refractivity contribution >= 4 is 5.69 Å². The summed E-state index contributed by atoms with van der Waals surface area (Å²) in [6.07, 6.45) is 0. The molecular formula is C15H14N2O. The summed E-state index contributed by atoms with van der Waals surface area (Å²) >= 11 is 0. The first-order chi connectivity index (χ1) is 8.58. The van der Waals surface area contributed by atoms with Crippen LogP contribution >= 0.6 is 0 Å². The van der Waals surface area contributed by atoms with Crippen LogP contribution in [0.25, 0.3) is 0 Å². The molecule has 0 radical (unpaired) electrons. The highest BCUT2D eigenvalue weighted by molar-refractivity contribution is 5.54. The zero-order valence-electron chi connectivity index (χ0n) is 10.4.